The van der Waals surface area contributed by atoms with Crippen LogP contribution in [0.2, 0.25) is 0 Å². The Morgan fingerprint density at radius 1 is 1.08 bits per heavy atom. The van der Waals surface area contributed by atoms with Crippen molar-refractivity contribution in [2.75, 3.05) is 24.1 Å². The van der Waals surface area contributed by atoms with Crippen molar-refractivity contribution in [1.82, 2.24) is 5.32 Å². The van der Waals surface area contributed by atoms with Crippen molar-refractivity contribution >= 4 is 21.6 Å². The molecule has 0 saturated heterocycles. The molecule has 0 aliphatic heterocycles. The Labute approximate surface area is 148 Å². The van der Waals surface area contributed by atoms with E-state index >= 15 is 0 Å². The number of carbonyl (C=O) groups excluding carboxylic acids is 1. The van der Waals surface area contributed by atoms with E-state index in [2.05, 4.69) is 10.0 Å². The molecule has 7 heteroatoms. The molecule has 1 amide bonds. The van der Waals surface area contributed by atoms with E-state index in [-0.39, 0.29) is 5.91 Å². The lowest BCUT2D eigenvalue weighted by Gasteiger charge is -2.12. The second-order valence-corrected chi connectivity index (χ2v) is 7.39. The zero-order valence-corrected chi connectivity index (χ0v) is 15.1. The molecule has 0 bridgehead atoms. The second-order valence-electron chi connectivity index (χ2n) is 5.65. The minimum absolute atomic E-state index is 0.266. The molecule has 6 nitrogen and oxygen atoms in total. The van der Waals surface area contributed by atoms with Crippen LogP contribution in [0.3, 0.4) is 0 Å². The molecular weight excluding hydrogens is 340 g/mol. The summed E-state index contributed by atoms with van der Waals surface area (Å²) in [5.74, 6) is -0.266. The quantitative estimate of drug-likeness (QED) is 0.706. The summed E-state index contributed by atoms with van der Waals surface area (Å²) < 4.78 is 30.7. The molecule has 0 atom stereocenters. The maximum Gasteiger partial charge on any atom is 0.251 e. The van der Waals surface area contributed by atoms with Gasteiger partial charge in [0.2, 0.25) is 10.0 Å². The molecule has 0 heterocycles. The van der Waals surface area contributed by atoms with Crippen molar-refractivity contribution in [1.29, 1.82) is 0 Å². The van der Waals surface area contributed by atoms with Crippen molar-refractivity contribution in [3.63, 3.8) is 0 Å². The number of nitrogens with one attached hydrogen (secondary N) is 2. The van der Waals surface area contributed by atoms with Gasteiger partial charge in [-0.25, -0.2) is 8.42 Å². The van der Waals surface area contributed by atoms with Gasteiger partial charge in [0.15, 0.2) is 0 Å². The molecule has 25 heavy (non-hydrogen) atoms. The highest BCUT2D eigenvalue weighted by Crippen LogP contribution is 2.19. The van der Waals surface area contributed by atoms with Crippen LogP contribution >= 0.6 is 0 Å². The molecular formula is C18H22N2O4S. The van der Waals surface area contributed by atoms with E-state index in [9.17, 15) is 13.2 Å². The van der Waals surface area contributed by atoms with Gasteiger partial charge in [0.1, 0.15) is 0 Å². The molecule has 0 aromatic heterocycles. The fraction of sp³-hybridized carbons (Fsp3) is 0.278. The van der Waals surface area contributed by atoms with Crippen molar-refractivity contribution < 1.29 is 17.9 Å². The third-order valence-corrected chi connectivity index (χ3v) is 4.11. The Morgan fingerprint density at radius 2 is 1.80 bits per heavy atom. The maximum atomic E-state index is 12.3. The molecule has 0 unspecified atom stereocenters. The van der Waals surface area contributed by atoms with Crippen LogP contribution in [0, 0.1) is 6.92 Å². The van der Waals surface area contributed by atoms with Gasteiger partial charge in [0, 0.05) is 12.1 Å². The third-order valence-electron chi connectivity index (χ3n) is 3.52. The number of anilines is 1. The van der Waals surface area contributed by atoms with Crippen LogP contribution in [0.5, 0.6) is 0 Å². The van der Waals surface area contributed by atoms with Crippen LogP contribution in [0.4, 0.5) is 5.69 Å². The van der Waals surface area contributed by atoms with Crippen LogP contribution in [0.25, 0.3) is 0 Å². The topological polar surface area (TPSA) is 84.5 Å². The van der Waals surface area contributed by atoms with Crippen LogP contribution in [-0.2, 0) is 21.4 Å². The summed E-state index contributed by atoms with van der Waals surface area (Å²) in [4.78, 5) is 12.3. The lowest BCUT2D eigenvalue weighted by Crippen LogP contribution is -2.28. The average Bonchev–Trinajstić information content (AvgIpc) is 2.56. The van der Waals surface area contributed by atoms with Crippen LogP contribution in [-0.4, -0.2) is 33.7 Å². The number of hydrogen-bond donors (Lipinski definition) is 2. The van der Waals surface area contributed by atoms with Gasteiger partial charge in [-0.05, 0) is 30.2 Å². The van der Waals surface area contributed by atoms with E-state index in [0.29, 0.717) is 36.6 Å². The molecule has 0 radical (unpaired) electrons. The molecule has 0 fully saturated rings. The number of amides is 1. The summed E-state index contributed by atoms with van der Waals surface area (Å²) in [5.41, 5.74) is 2.48. The summed E-state index contributed by atoms with van der Waals surface area (Å²) in [7, 11) is -3.39. The first-order valence-corrected chi connectivity index (χ1v) is 9.73. The first-order chi connectivity index (χ1) is 11.9. The molecule has 2 N–H and O–H groups in total. The molecule has 2 aromatic carbocycles. The summed E-state index contributed by atoms with van der Waals surface area (Å²) in [6.07, 6.45) is 1.07. The number of hydrogen-bond acceptors (Lipinski definition) is 4. The van der Waals surface area contributed by atoms with Crippen molar-refractivity contribution in [2.24, 2.45) is 0 Å². The zero-order chi connectivity index (χ0) is 18.3. The minimum atomic E-state index is -3.39. The highest BCUT2D eigenvalue weighted by atomic mass is 32.2. The zero-order valence-electron chi connectivity index (χ0n) is 14.3. The smallest absolute Gasteiger partial charge is 0.251 e. The molecule has 2 aromatic rings. The number of rotatable bonds is 8. The molecule has 0 aliphatic rings. The van der Waals surface area contributed by atoms with E-state index < -0.39 is 10.0 Å². The lowest BCUT2D eigenvalue weighted by molar-refractivity contribution is 0.0900. The van der Waals surface area contributed by atoms with Crippen molar-refractivity contribution in [2.45, 2.75) is 13.5 Å². The van der Waals surface area contributed by atoms with E-state index in [1.165, 1.54) is 0 Å². The van der Waals surface area contributed by atoms with E-state index in [1.807, 2.05) is 30.3 Å². The largest absolute Gasteiger partial charge is 0.375 e. The van der Waals surface area contributed by atoms with Gasteiger partial charge < -0.3 is 10.1 Å². The Bertz CT molecular complexity index is 820. The minimum Gasteiger partial charge on any atom is -0.375 e. The van der Waals surface area contributed by atoms with Gasteiger partial charge in [-0.2, -0.15) is 0 Å². The monoisotopic (exact) mass is 362 g/mol. The first-order valence-electron chi connectivity index (χ1n) is 7.84. The summed E-state index contributed by atoms with van der Waals surface area (Å²) in [6, 6.07) is 14.7. The van der Waals surface area contributed by atoms with Crippen LogP contribution < -0.4 is 10.0 Å². The SMILES string of the molecule is Cc1c(NS(C)(=O)=O)cccc1C(=O)NCCOCc1ccccc1. The fourth-order valence-corrected chi connectivity index (χ4v) is 2.91. The third kappa shape index (κ3) is 6.21. The Hall–Kier alpha value is -2.38. The molecule has 0 saturated carbocycles. The summed E-state index contributed by atoms with van der Waals surface area (Å²) in [5, 5.41) is 2.77. The van der Waals surface area contributed by atoms with E-state index in [0.717, 1.165) is 11.8 Å². The summed E-state index contributed by atoms with van der Waals surface area (Å²) in [6.45, 7) is 2.95. The average molecular weight is 362 g/mol. The van der Waals surface area contributed by atoms with Gasteiger partial charge in [0.05, 0.1) is 25.2 Å². The number of benzene rings is 2. The van der Waals surface area contributed by atoms with Crippen LogP contribution in [0.1, 0.15) is 21.5 Å². The highest BCUT2D eigenvalue weighted by Gasteiger charge is 2.13. The fourth-order valence-electron chi connectivity index (χ4n) is 2.29. The number of ether oxygens (including phenoxy) is 1. The van der Waals surface area contributed by atoms with Gasteiger partial charge >= 0.3 is 0 Å². The van der Waals surface area contributed by atoms with Gasteiger partial charge in [-0.15, -0.1) is 0 Å². The van der Waals surface area contributed by atoms with Gasteiger partial charge in [0.25, 0.3) is 5.91 Å². The second kappa shape index (κ2) is 8.64. The predicted octanol–water partition coefficient (Wildman–Crippen LogP) is 2.31. The standard InChI is InChI=1S/C18H22N2O4S/c1-14-16(9-6-10-17(14)20-25(2,22)23)18(21)19-11-12-24-13-15-7-4-3-5-8-15/h3-10,20H,11-13H2,1-2H3,(H,19,21). The Kier molecular flexibility index (Phi) is 6.55. The summed E-state index contributed by atoms with van der Waals surface area (Å²) >= 11 is 0. The molecule has 0 spiro atoms. The molecule has 2 rings (SSSR count). The number of carbonyl (C=O) groups is 1. The maximum absolute atomic E-state index is 12.3. The Morgan fingerprint density at radius 3 is 2.48 bits per heavy atom. The van der Waals surface area contributed by atoms with E-state index in [4.69, 9.17) is 4.74 Å². The van der Waals surface area contributed by atoms with Crippen molar-refractivity contribution in [3.05, 3.63) is 65.2 Å². The predicted molar refractivity (Wildman–Crippen MR) is 98.1 cm³/mol. The molecule has 0 aliphatic carbocycles. The highest BCUT2D eigenvalue weighted by molar-refractivity contribution is 7.92. The Balaban J connectivity index is 1.85. The van der Waals surface area contributed by atoms with Crippen molar-refractivity contribution in [3.8, 4) is 0 Å². The molecule has 134 valence electrons. The number of sulfonamides is 1. The van der Waals surface area contributed by atoms with Crippen LogP contribution in [0.15, 0.2) is 48.5 Å². The van der Waals surface area contributed by atoms with Gasteiger partial charge in [-0.1, -0.05) is 36.4 Å². The van der Waals surface area contributed by atoms with E-state index in [1.54, 1.807) is 25.1 Å². The normalized spacial score (nSPS) is 11.1. The lowest BCUT2D eigenvalue weighted by atomic mass is 10.1. The first kappa shape index (κ1) is 19.0. The van der Waals surface area contributed by atoms with Gasteiger partial charge in [-0.3, -0.25) is 9.52 Å².